The Morgan fingerprint density at radius 1 is 1.54 bits per heavy atom. The van der Waals surface area contributed by atoms with E-state index in [1.165, 1.54) is 13.1 Å². The second kappa shape index (κ2) is 6.22. The summed E-state index contributed by atoms with van der Waals surface area (Å²) < 4.78 is 0. The van der Waals surface area contributed by atoms with Crippen LogP contribution in [0.3, 0.4) is 0 Å². The van der Waals surface area contributed by atoms with Gasteiger partial charge in [0.05, 0.1) is 12.4 Å². The second-order valence-corrected chi connectivity index (χ2v) is 2.77. The molecular weight excluding hydrogens is 166 g/mol. The molecule has 13 heavy (non-hydrogen) atoms. The fourth-order valence-corrected chi connectivity index (χ4v) is 0.750. The Bertz CT molecular complexity index is 231. The highest BCUT2D eigenvalue weighted by atomic mass is 16.1. The zero-order chi connectivity index (χ0) is 10.3. The molecule has 4 heteroatoms. The van der Waals surface area contributed by atoms with Gasteiger partial charge in [0, 0.05) is 11.9 Å². The highest BCUT2D eigenvalue weighted by Gasteiger charge is 1.95. The van der Waals surface area contributed by atoms with Crippen molar-refractivity contribution in [2.45, 2.75) is 27.2 Å². The van der Waals surface area contributed by atoms with Crippen molar-refractivity contribution in [1.82, 2.24) is 5.32 Å². The van der Waals surface area contributed by atoms with Gasteiger partial charge in [0.1, 0.15) is 0 Å². The van der Waals surface area contributed by atoms with E-state index in [2.05, 4.69) is 10.3 Å². The fourth-order valence-electron chi connectivity index (χ4n) is 0.750. The highest BCUT2D eigenvalue weighted by Crippen LogP contribution is 1.92. The van der Waals surface area contributed by atoms with E-state index < -0.39 is 0 Å². The minimum Gasteiger partial charge on any atom is -0.403 e. The monoisotopic (exact) mass is 183 g/mol. The Labute approximate surface area is 78.9 Å². The van der Waals surface area contributed by atoms with Crippen LogP contribution in [-0.2, 0) is 4.79 Å². The van der Waals surface area contributed by atoms with E-state index in [1.807, 2.05) is 13.8 Å². The number of nitrogens with two attached hydrogens (primary N) is 1. The van der Waals surface area contributed by atoms with Crippen molar-refractivity contribution in [2.75, 3.05) is 6.54 Å². The zero-order valence-electron chi connectivity index (χ0n) is 8.42. The van der Waals surface area contributed by atoms with Crippen molar-refractivity contribution in [3.8, 4) is 0 Å². The number of carbonyl (C=O) groups excluding carboxylic acids is 1. The number of ketones is 1. The largest absolute Gasteiger partial charge is 0.403 e. The topological polar surface area (TPSA) is 67.5 Å². The minimum absolute atomic E-state index is 0.0518. The fraction of sp³-hybridized carbons (Fsp3) is 0.556. The number of amidine groups is 1. The van der Waals surface area contributed by atoms with Crippen molar-refractivity contribution in [3.63, 3.8) is 0 Å². The van der Waals surface area contributed by atoms with Gasteiger partial charge in [0.15, 0.2) is 5.78 Å². The summed E-state index contributed by atoms with van der Waals surface area (Å²) >= 11 is 0. The molecule has 0 unspecified atom stereocenters. The Kier molecular flexibility index (Phi) is 5.59. The molecule has 0 aromatic rings. The van der Waals surface area contributed by atoms with Crippen molar-refractivity contribution in [3.05, 3.63) is 11.9 Å². The molecule has 0 spiro atoms. The van der Waals surface area contributed by atoms with Gasteiger partial charge >= 0.3 is 0 Å². The molecule has 0 heterocycles. The van der Waals surface area contributed by atoms with Crippen molar-refractivity contribution < 1.29 is 4.79 Å². The summed E-state index contributed by atoms with van der Waals surface area (Å²) in [6.07, 6.45) is 2.33. The summed E-state index contributed by atoms with van der Waals surface area (Å²) in [6.45, 7) is 5.53. The van der Waals surface area contributed by atoms with E-state index in [1.54, 1.807) is 0 Å². The van der Waals surface area contributed by atoms with Gasteiger partial charge in [-0.3, -0.25) is 9.79 Å². The van der Waals surface area contributed by atoms with Gasteiger partial charge < -0.3 is 11.1 Å². The number of carbonyl (C=O) groups is 1. The molecule has 0 atom stereocenters. The summed E-state index contributed by atoms with van der Waals surface area (Å²) in [4.78, 5) is 14.6. The number of rotatable bonds is 4. The quantitative estimate of drug-likeness (QED) is 0.500. The predicted molar refractivity (Wildman–Crippen MR) is 54.4 cm³/mol. The van der Waals surface area contributed by atoms with Crippen LogP contribution in [0.5, 0.6) is 0 Å². The molecule has 0 aromatic heterocycles. The zero-order valence-corrected chi connectivity index (χ0v) is 8.42. The number of hydrogen-bond donors (Lipinski definition) is 2. The average molecular weight is 183 g/mol. The molecule has 0 aliphatic carbocycles. The lowest BCUT2D eigenvalue weighted by atomic mass is 10.3. The molecule has 0 bridgehead atoms. The number of nitrogens with zero attached hydrogens (tertiary/aromatic N) is 1. The van der Waals surface area contributed by atoms with Crippen LogP contribution in [0.1, 0.15) is 27.2 Å². The molecule has 0 aliphatic heterocycles. The first-order valence-electron chi connectivity index (χ1n) is 4.28. The normalized spacial score (nSPS) is 12.8. The third-order valence-electron chi connectivity index (χ3n) is 1.46. The van der Waals surface area contributed by atoms with E-state index in [9.17, 15) is 4.79 Å². The summed E-state index contributed by atoms with van der Waals surface area (Å²) in [7, 11) is 0. The lowest BCUT2D eigenvalue weighted by Gasteiger charge is -2.06. The van der Waals surface area contributed by atoms with E-state index in [0.29, 0.717) is 5.84 Å². The maximum atomic E-state index is 10.6. The minimum atomic E-state index is 0.0518. The van der Waals surface area contributed by atoms with E-state index in [-0.39, 0.29) is 12.3 Å². The van der Waals surface area contributed by atoms with Gasteiger partial charge in [0.2, 0.25) is 0 Å². The molecule has 3 N–H and O–H groups in total. The SMILES string of the molecule is CC/C(=C/N)NC(C)=NCC(C)=O. The first-order chi connectivity index (χ1) is 6.10. The van der Waals surface area contributed by atoms with Crippen LogP contribution in [0.2, 0.25) is 0 Å². The Morgan fingerprint density at radius 3 is 2.54 bits per heavy atom. The van der Waals surface area contributed by atoms with Gasteiger partial charge in [-0.2, -0.15) is 0 Å². The molecule has 0 saturated carbocycles. The van der Waals surface area contributed by atoms with Gasteiger partial charge in [-0.05, 0) is 20.3 Å². The molecule has 0 aliphatic rings. The Balaban J connectivity index is 4.05. The standard InChI is InChI=1S/C9H17N3O/c1-4-9(5-10)12-8(3)11-6-7(2)13/h5H,4,6,10H2,1-3H3,(H,11,12)/b9-5-. The summed E-state index contributed by atoms with van der Waals surface area (Å²) in [6, 6.07) is 0. The van der Waals surface area contributed by atoms with Crippen LogP contribution in [0, 0.1) is 0 Å². The van der Waals surface area contributed by atoms with Gasteiger partial charge in [0.25, 0.3) is 0 Å². The van der Waals surface area contributed by atoms with Gasteiger partial charge in [-0.1, -0.05) is 6.92 Å². The smallest absolute Gasteiger partial charge is 0.151 e. The molecule has 0 fully saturated rings. The van der Waals surface area contributed by atoms with Crippen LogP contribution in [-0.4, -0.2) is 18.2 Å². The van der Waals surface area contributed by atoms with Gasteiger partial charge in [-0.25, -0.2) is 0 Å². The van der Waals surface area contributed by atoms with Crippen LogP contribution in [0.4, 0.5) is 0 Å². The highest BCUT2D eigenvalue weighted by molar-refractivity contribution is 5.85. The van der Waals surface area contributed by atoms with Crippen molar-refractivity contribution in [1.29, 1.82) is 0 Å². The number of aliphatic imine (C=N–C) groups is 1. The molecule has 0 aromatic carbocycles. The van der Waals surface area contributed by atoms with Crippen molar-refractivity contribution >= 4 is 11.6 Å². The van der Waals surface area contributed by atoms with Crippen LogP contribution < -0.4 is 11.1 Å². The molecule has 4 nitrogen and oxygen atoms in total. The molecule has 74 valence electrons. The Morgan fingerprint density at radius 2 is 2.15 bits per heavy atom. The third kappa shape index (κ3) is 5.90. The molecule has 0 amide bonds. The molecule has 0 saturated heterocycles. The van der Waals surface area contributed by atoms with Crippen LogP contribution in [0.25, 0.3) is 0 Å². The Hall–Kier alpha value is -1.32. The first kappa shape index (κ1) is 11.7. The maximum Gasteiger partial charge on any atom is 0.151 e. The summed E-state index contributed by atoms with van der Waals surface area (Å²) in [5, 5.41) is 3.01. The lowest BCUT2D eigenvalue weighted by Crippen LogP contribution is -2.21. The second-order valence-electron chi connectivity index (χ2n) is 2.77. The lowest BCUT2D eigenvalue weighted by molar-refractivity contribution is -0.115. The van der Waals surface area contributed by atoms with E-state index >= 15 is 0 Å². The number of Topliss-reactive ketones (excluding diaryl/α,β-unsaturated/α-hetero) is 1. The maximum absolute atomic E-state index is 10.6. The number of allylic oxidation sites excluding steroid dienone is 1. The van der Waals surface area contributed by atoms with Crippen molar-refractivity contribution in [2.24, 2.45) is 10.7 Å². The molecule has 0 rings (SSSR count). The molecule has 0 radical (unpaired) electrons. The van der Waals surface area contributed by atoms with E-state index in [0.717, 1.165) is 12.1 Å². The summed E-state index contributed by atoms with van der Waals surface area (Å²) in [5.41, 5.74) is 6.25. The van der Waals surface area contributed by atoms with Crippen LogP contribution in [0.15, 0.2) is 16.9 Å². The molecular formula is C9H17N3O. The van der Waals surface area contributed by atoms with Crippen LogP contribution >= 0.6 is 0 Å². The number of nitrogens with one attached hydrogen (secondary N) is 1. The van der Waals surface area contributed by atoms with E-state index in [4.69, 9.17) is 5.73 Å². The number of hydrogen-bond acceptors (Lipinski definition) is 3. The average Bonchev–Trinajstić information content (AvgIpc) is 2.10. The summed E-state index contributed by atoms with van der Waals surface area (Å²) in [5.74, 6) is 0.768. The first-order valence-corrected chi connectivity index (χ1v) is 4.28. The third-order valence-corrected chi connectivity index (χ3v) is 1.46. The van der Waals surface area contributed by atoms with Gasteiger partial charge in [-0.15, -0.1) is 0 Å². The predicted octanol–water partition coefficient (Wildman–Crippen LogP) is 0.793.